The van der Waals surface area contributed by atoms with Gasteiger partial charge in [-0.3, -0.25) is 9.10 Å². The largest absolute Gasteiger partial charge is 0.394 e. The summed E-state index contributed by atoms with van der Waals surface area (Å²) in [6.45, 7) is 5.57. The number of nitrogens with one attached hydrogen (secondary N) is 2. The summed E-state index contributed by atoms with van der Waals surface area (Å²) in [5, 5.41) is 16.0. The first-order valence-electron chi connectivity index (χ1n) is 12.2. The molecule has 1 aromatic carbocycles. The molecule has 0 bridgehead atoms. The highest BCUT2D eigenvalue weighted by atomic mass is 32.2. The molecule has 1 aromatic heterocycles. The Morgan fingerprint density at radius 1 is 1.20 bits per heavy atom. The molecule has 1 aliphatic rings. The Bertz CT molecular complexity index is 1060. The second-order valence-electron chi connectivity index (χ2n) is 8.95. The molecule has 1 fully saturated rings. The van der Waals surface area contributed by atoms with Gasteiger partial charge in [-0.2, -0.15) is 0 Å². The van der Waals surface area contributed by atoms with E-state index >= 15 is 0 Å². The zero-order chi connectivity index (χ0) is 25.3. The van der Waals surface area contributed by atoms with E-state index in [1.807, 2.05) is 37.3 Å². The summed E-state index contributed by atoms with van der Waals surface area (Å²) in [5.74, 6) is 0.255. The van der Waals surface area contributed by atoms with Crippen LogP contribution in [0.25, 0.3) is 0 Å². The summed E-state index contributed by atoms with van der Waals surface area (Å²) in [6, 6.07) is 12.3. The summed E-state index contributed by atoms with van der Waals surface area (Å²) in [5.41, 5.74) is 1.28. The number of anilines is 2. The number of aliphatic hydroxyl groups excluding tert-OH is 1. The second-order valence-corrected chi connectivity index (χ2v) is 10.9. The summed E-state index contributed by atoms with van der Waals surface area (Å²) in [4.78, 5) is 20.0. The molecule has 1 saturated heterocycles. The third-order valence-electron chi connectivity index (χ3n) is 5.97. The lowest BCUT2D eigenvalue weighted by atomic mass is 10.1. The maximum absolute atomic E-state index is 13.2. The van der Waals surface area contributed by atoms with Crippen LogP contribution in [0.3, 0.4) is 0 Å². The highest BCUT2D eigenvalue weighted by Gasteiger charge is 2.22. The maximum atomic E-state index is 13.2. The molecule has 2 aromatic rings. The van der Waals surface area contributed by atoms with Crippen molar-refractivity contribution in [2.45, 2.75) is 38.6 Å². The Morgan fingerprint density at radius 2 is 1.91 bits per heavy atom. The Morgan fingerprint density at radius 3 is 2.54 bits per heavy atom. The van der Waals surface area contributed by atoms with Crippen molar-refractivity contribution in [3.63, 3.8) is 0 Å². The Kier molecular flexibility index (Phi) is 9.88. The topological polar surface area (TPSA) is 115 Å². The fourth-order valence-corrected chi connectivity index (χ4v) is 5.14. The third kappa shape index (κ3) is 8.19. The van der Waals surface area contributed by atoms with E-state index in [4.69, 9.17) is 0 Å². The normalized spacial score (nSPS) is 15.1. The first-order valence-corrected chi connectivity index (χ1v) is 14.1. The molecule has 9 nitrogen and oxygen atoms in total. The highest BCUT2D eigenvalue weighted by molar-refractivity contribution is 7.92. The van der Waals surface area contributed by atoms with Gasteiger partial charge in [-0.1, -0.05) is 37.3 Å². The zero-order valence-corrected chi connectivity index (χ0v) is 21.4. The number of rotatable bonds is 13. The molecule has 0 aliphatic carbocycles. The van der Waals surface area contributed by atoms with Gasteiger partial charge in [0.2, 0.25) is 10.0 Å². The Balaban J connectivity index is 1.81. The van der Waals surface area contributed by atoms with Gasteiger partial charge in [0.1, 0.15) is 11.6 Å². The number of aromatic nitrogens is 1. The van der Waals surface area contributed by atoms with Gasteiger partial charge in [-0.05, 0) is 56.5 Å². The van der Waals surface area contributed by atoms with Crippen LogP contribution in [0.4, 0.5) is 11.6 Å². The van der Waals surface area contributed by atoms with Crippen molar-refractivity contribution >= 4 is 27.6 Å². The first kappa shape index (κ1) is 26.9. The zero-order valence-electron chi connectivity index (χ0n) is 20.6. The van der Waals surface area contributed by atoms with Gasteiger partial charge in [0.15, 0.2) is 0 Å². The fourth-order valence-electron chi connectivity index (χ4n) is 4.20. The molecule has 192 valence electrons. The van der Waals surface area contributed by atoms with E-state index in [2.05, 4.69) is 20.5 Å². The molecule has 1 amide bonds. The Hall–Kier alpha value is -2.69. The molecule has 10 heteroatoms. The number of amides is 1. The van der Waals surface area contributed by atoms with Crippen LogP contribution in [0.2, 0.25) is 0 Å². The first-order chi connectivity index (χ1) is 16.8. The third-order valence-corrected chi connectivity index (χ3v) is 7.14. The molecule has 0 unspecified atom stereocenters. The average Bonchev–Trinajstić information content (AvgIpc) is 3.35. The van der Waals surface area contributed by atoms with Crippen LogP contribution in [0.1, 0.15) is 42.1 Å². The standard InChI is InChI=1S/C25H37N5O4S/c1-3-12-30(35(2,33)34)24-18-21(17-23(28-24)26-11-15-29-13-7-8-14-29)25(32)27-22(19-31)16-20-9-5-4-6-10-20/h4-6,9-10,17-18,22,31H,3,7-8,11-16,19H2,1-2H3,(H,26,28)(H,27,32)/t22-/m0/s1. The fraction of sp³-hybridized carbons (Fsp3) is 0.520. The Labute approximate surface area is 208 Å². The number of hydrogen-bond acceptors (Lipinski definition) is 7. The van der Waals surface area contributed by atoms with E-state index in [9.17, 15) is 18.3 Å². The number of pyridine rings is 1. The van der Waals surface area contributed by atoms with E-state index in [0.717, 1.165) is 31.5 Å². The van der Waals surface area contributed by atoms with Crippen LogP contribution in [0.15, 0.2) is 42.5 Å². The SMILES string of the molecule is CCCN(c1cc(C(=O)N[C@H](CO)Cc2ccccc2)cc(NCCN2CCCC2)n1)S(C)(=O)=O. The highest BCUT2D eigenvalue weighted by Crippen LogP contribution is 2.21. The van der Waals surface area contributed by atoms with Crippen molar-refractivity contribution in [2.75, 3.05) is 55.2 Å². The van der Waals surface area contributed by atoms with Gasteiger partial charge in [0, 0.05) is 25.2 Å². The lowest BCUT2D eigenvalue weighted by Crippen LogP contribution is -2.39. The number of carbonyl (C=O) groups is 1. The van der Waals surface area contributed by atoms with E-state index < -0.39 is 22.0 Å². The van der Waals surface area contributed by atoms with Crippen LogP contribution >= 0.6 is 0 Å². The average molecular weight is 504 g/mol. The number of benzene rings is 1. The number of carbonyl (C=O) groups excluding carboxylic acids is 1. The molecule has 0 radical (unpaired) electrons. The lowest BCUT2D eigenvalue weighted by molar-refractivity contribution is 0.0916. The van der Waals surface area contributed by atoms with Gasteiger partial charge >= 0.3 is 0 Å². The molecule has 3 N–H and O–H groups in total. The minimum absolute atomic E-state index is 0.203. The summed E-state index contributed by atoms with van der Waals surface area (Å²) < 4.78 is 26.1. The number of sulfonamides is 1. The van der Waals surface area contributed by atoms with Gasteiger partial charge in [-0.15, -0.1) is 0 Å². The van der Waals surface area contributed by atoms with Crippen LogP contribution in [0.5, 0.6) is 0 Å². The molecule has 35 heavy (non-hydrogen) atoms. The molecule has 0 saturated carbocycles. The molecular formula is C25H37N5O4S. The summed E-state index contributed by atoms with van der Waals surface area (Å²) in [7, 11) is -3.58. The van der Waals surface area contributed by atoms with Gasteiger partial charge < -0.3 is 20.6 Å². The summed E-state index contributed by atoms with van der Waals surface area (Å²) >= 11 is 0. The van der Waals surface area contributed by atoms with Crippen molar-refractivity contribution in [3.05, 3.63) is 53.6 Å². The maximum Gasteiger partial charge on any atom is 0.251 e. The predicted molar refractivity (Wildman–Crippen MR) is 139 cm³/mol. The molecule has 2 heterocycles. The summed E-state index contributed by atoms with van der Waals surface area (Å²) in [6.07, 6.45) is 4.62. The molecule has 0 spiro atoms. The van der Waals surface area contributed by atoms with Crippen LogP contribution < -0.4 is 14.9 Å². The van der Waals surface area contributed by atoms with Crippen LogP contribution in [0, 0.1) is 0 Å². The van der Waals surface area contributed by atoms with E-state index in [0.29, 0.717) is 25.2 Å². The minimum Gasteiger partial charge on any atom is -0.394 e. The van der Waals surface area contributed by atoms with Gasteiger partial charge in [0.25, 0.3) is 5.91 Å². The molecule has 1 atom stereocenters. The van der Waals surface area contributed by atoms with E-state index in [1.165, 1.54) is 23.2 Å². The van der Waals surface area contributed by atoms with Crippen molar-refractivity contribution in [3.8, 4) is 0 Å². The number of likely N-dealkylation sites (tertiary alicyclic amines) is 1. The van der Waals surface area contributed by atoms with Crippen molar-refractivity contribution in [1.29, 1.82) is 0 Å². The number of nitrogens with zero attached hydrogens (tertiary/aromatic N) is 3. The van der Waals surface area contributed by atoms with Crippen LogP contribution in [-0.4, -0.2) is 80.9 Å². The minimum atomic E-state index is -3.58. The van der Waals surface area contributed by atoms with Crippen molar-refractivity contribution in [2.24, 2.45) is 0 Å². The molecule has 1 aliphatic heterocycles. The quantitative estimate of drug-likeness (QED) is 0.383. The van der Waals surface area contributed by atoms with E-state index in [-0.39, 0.29) is 24.5 Å². The predicted octanol–water partition coefficient (Wildman–Crippen LogP) is 2.10. The van der Waals surface area contributed by atoms with Crippen LogP contribution in [-0.2, 0) is 16.4 Å². The number of aliphatic hydroxyl groups is 1. The molecular weight excluding hydrogens is 466 g/mol. The van der Waals surface area contributed by atoms with Gasteiger partial charge in [-0.25, -0.2) is 13.4 Å². The van der Waals surface area contributed by atoms with Crippen molar-refractivity contribution in [1.82, 2.24) is 15.2 Å². The molecule has 3 rings (SSSR count). The smallest absolute Gasteiger partial charge is 0.251 e. The second kappa shape index (κ2) is 12.9. The monoisotopic (exact) mass is 503 g/mol. The van der Waals surface area contributed by atoms with E-state index in [1.54, 1.807) is 6.07 Å². The number of hydrogen-bond donors (Lipinski definition) is 3. The van der Waals surface area contributed by atoms with Gasteiger partial charge in [0.05, 0.1) is 18.9 Å². The van der Waals surface area contributed by atoms with Crippen molar-refractivity contribution < 1.29 is 18.3 Å². The lowest BCUT2D eigenvalue weighted by Gasteiger charge is -2.23.